The maximum Gasteiger partial charge on any atom is 0.357 e. The number of hydrogen-bond acceptors (Lipinski definition) is 5. The molecule has 0 N–H and O–H groups in total. The monoisotopic (exact) mass is 210 g/mol. The second-order valence-electron chi connectivity index (χ2n) is 3.64. The molecule has 2 unspecified atom stereocenters. The molecule has 5 nitrogen and oxygen atoms in total. The van der Waals surface area contributed by atoms with Gasteiger partial charge in [-0.15, -0.1) is 0 Å². The number of ether oxygens (including phenoxy) is 3. The number of benzene rings is 1. The van der Waals surface area contributed by atoms with Crippen molar-refractivity contribution < 1.29 is 24.0 Å². The van der Waals surface area contributed by atoms with E-state index in [1.54, 1.807) is 26.0 Å². The van der Waals surface area contributed by atoms with Crippen LogP contribution in [0.1, 0.15) is 13.8 Å². The highest BCUT2D eigenvalue weighted by molar-refractivity contribution is 5.40. The molecule has 5 heteroatoms. The Morgan fingerprint density at radius 2 is 1.33 bits per heavy atom. The third kappa shape index (κ3) is 1.36. The van der Waals surface area contributed by atoms with Crippen molar-refractivity contribution in [2.75, 3.05) is 0 Å². The summed E-state index contributed by atoms with van der Waals surface area (Å²) in [5.74, 6) is -1.40. The lowest BCUT2D eigenvalue weighted by Gasteiger charge is -2.19. The molecule has 0 radical (unpaired) electrons. The van der Waals surface area contributed by atoms with Crippen LogP contribution in [0.15, 0.2) is 24.3 Å². The van der Waals surface area contributed by atoms with Gasteiger partial charge in [0.15, 0.2) is 11.5 Å². The Balaban J connectivity index is 2.09. The molecular weight excluding hydrogens is 200 g/mol. The van der Waals surface area contributed by atoms with Crippen LogP contribution in [0.5, 0.6) is 11.5 Å². The number of hydrogen-bond donors (Lipinski definition) is 0. The zero-order valence-corrected chi connectivity index (χ0v) is 8.35. The van der Waals surface area contributed by atoms with E-state index in [0.29, 0.717) is 11.5 Å². The average Bonchev–Trinajstić information content (AvgIpc) is 2.40. The highest BCUT2D eigenvalue weighted by atomic mass is 17.4. The Morgan fingerprint density at radius 1 is 0.867 bits per heavy atom. The number of para-hydroxylation sites is 2. The molecule has 0 amide bonds. The van der Waals surface area contributed by atoms with Crippen LogP contribution in [0.3, 0.4) is 0 Å². The van der Waals surface area contributed by atoms with Crippen molar-refractivity contribution in [3.8, 4) is 11.5 Å². The molecule has 15 heavy (non-hydrogen) atoms. The summed E-state index contributed by atoms with van der Waals surface area (Å²) in [4.78, 5) is 9.87. The molecule has 0 spiro atoms. The Kier molecular flexibility index (Phi) is 1.57. The zero-order valence-electron chi connectivity index (χ0n) is 8.35. The van der Waals surface area contributed by atoms with Gasteiger partial charge in [-0.25, -0.2) is 4.74 Å². The maximum atomic E-state index is 5.51. The lowest BCUT2D eigenvalue weighted by molar-refractivity contribution is -0.409. The highest BCUT2D eigenvalue weighted by Crippen LogP contribution is 2.43. The van der Waals surface area contributed by atoms with Crippen LogP contribution >= 0.6 is 0 Å². The van der Waals surface area contributed by atoms with Crippen LogP contribution in [0.25, 0.3) is 0 Å². The lowest BCUT2D eigenvalue weighted by Crippen LogP contribution is -2.37. The highest BCUT2D eigenvalue weighted by Gasteiger charge is 2.54. The van der Waals surface area contributed by atoms with Gasteiger partial charge in [0.05, 0.1) is 0 Å². The molecule has 1 saturated heterocycles. The normalized spacial score (nSPS) is 37.5. The van der Waals surface area contributed by atoms with Gasteiger partial charge in [0, 0.05) is 13.8 Å². The minimum Gasteiger partial charge on any atom is -0.433 e. The molecule has 1 aromatic carbocycles. The first-order valence-electron chi connectivity index (χ1n) is 4.63. The molecule has 1 aromatic rings. The van der Waals surface area contributed by atoms with Crippen LogP contribution in [0.2, 0.25) is 0 Å². The Morgan fingerprint density at radius 3 is 1.80 bits per heavy atom. The van der Waals surface area contributed by atoms with Gasteiger partial charge in [-0.2, -0.15) is 9.78 Å². The van der Waals surface area contributed by atoms with E-state index in [-0.39, 0.29) is 0 Å². The van der Waals surface area contributed by atoms with Gasteiger partial charge in [0.2, 0.25) is 0 Å². The fourth-order valence-corrected chi connectivity index (χ4v) is 1.62. The molecular formula is C10H10O5. The first kappa shape index (κ1) is 8.96. The lowest BCUT2D eigenvalue weighted by atomic mass is 10.3. The van der Waals surface area contributed by atoms with Gasteiger partial charge in [-0.05, 0) is 12.1 Å². The Bertz CT molecular complexity index is 370. The minimum absolute atomic E-state index is 0.562. The largest absolute Gasteiger partial charge is 0.433 e. The maximum absolute atomic E-state index is 5.51. The zero-order chi connectivity index (χ0) is 10.5. The molecule has 2 aliphatic heterocycles. The first-order chi connectivity index (χ1) is 7.09. The smallest absolute Gasteiger partial charge is 0.357 e. The predicted octanol–water partition coefficient (Wildman–Crippen LogP) is 1.78. The Labute approximate surface area is 86.4 Å². The van der Waals surface area contributed by atoms with Crippen molar-refractivity contribution in [1.29, 1.82) is 0 Å². The van der Waals surface area contributed by atoms with Gasteiger partial charge in [0.25, 0.3) is 0 Å². The molecule has 0 aromatic heterocycles. The third-order valence-corrected chi connectivity index (χ3v) is 2.16. The summed E-state index contributed by atoms with van der Waals surface area (Å²) in [6.07, 6.45) is 0. The van der Waals surface area contributed by atoms with Crippen LogP contribution < -0.4 is 9.47 Å². The van der Waals surface area contributed by atoms with E-state index < -0.39 is 11.9 Å². The van der Waals surface area contributed by atoms with Crippen molar-refractivity contribution in [2.24, 2.45) is 0 Å². The number of fused-ring (bicyclic) bond motifs is 3. The average molecular weight is 210 g/mol. The fraction of sp³-hybridized carbons (Fsp3) is 0.400. The molecule has 2 atom stereocenters. The Hall–Kier alpha value is -1.30. The van der Waals surface area contributed by atoms with Gasteiger partial charge in [-0.3, -0.25) is 0 Å². The fourth-order valence-electron chi connectivity index (χ4n) is 1.62. The van der Waals surface area contributed by atoms with Crippen LogP contribution in [0.4, 0.5) is 0 Å². The van der Waals surface area contributed by atoms with Crippen molar-refractivity contribution in [3.05, 3.63) is 24.3 Å². The molecule has 0 saturated carbocycles. The topological polar surface area (TPSA) is 46.2 Å². The van der Waals surface area contributed by atoms with E-state index >= 15 is 0 Å². The molecule has 80 valence electrons. The molecule has 0 aliphatic carbocycles. The van der Waals surface area contributed by atoms with Crippen molar-refractivity contribution in [2.45, 2.75) is 25.8 Å². The number of rotatable bonds is 0. The minimum atomic E-state index is -1.26. The second kappa shape index (κ2) is 2.63. The quantitative estimate of drug-likeness (QED) is 0.611. The standard InChI is InChI=1S/C10H10O5/c1-9-11-7-5-3-4-6-8(7)12-10(2,13-9)15-14-9/h3-6H,1-2H3. The van der Waals surface area contributed by atoms with Crippen LogP contribution in [-0.4, -0.2) is 11.9 Å². The summed E-state index contributed by atoms with van der Waals surface area (Å²) < 4.78 is 16.4. The van der Waals surface area contributed by atoms with E-state index in [1.165, 1.54) is 0 Å². The van der Waals surface area contributed by atoms with Gasteiger partial charge in [0.1, 0.15) is 0 Å². The van der Waals surface area contributed by atoms with E-state index in [2.05, 4.69) is 0 Å². The second-order valence-corrected chi connectivity index (χ2v) is 3.64. The summed E-state index contributed by atoms with van der Waals surface area (Å²) >= 11 is 0. The van der Waals surface area contributed by atoms with Crippen molar-refractivity contribution in [3.63, 3.8) is 0 Å². The summed E-state index contributed by atoms with van der Waals surface area (Å²) in [7, 11) is 0. The van der Waals surface area contributed by atoms with E-state index in [4.69, 9.17) is 24.0 Å². The van der Waals surface area contributed by atoms with E-state index in [1.807, 2.05) is 12.1 Å². The van der Waals surface area contributed by atoms with E-state index in [9.17, 15) is 0 Å². The summed E-state index contributed by atoms with van der Waals surface area (Å²) in [6, 6.07) is 7.23. The van der Waals surface area contributed by atoms with Crippen molar-refractivity contribution in [1.82, 2.24) is 0 Å². The predicted molar refractivity (Wildman–Crippen MR) is 47.8 cm³/mol. The molecule has 3 rings (SSSR count). The first-order valence-corrected chi connectivity index (χ1v) is 4.63. The van der Waals surface area contributed by atoms with Gasteiger partial charge in [-0.1, -0.05) is 12.1 Å². The molecule has 2 heterocycles. The summed E-state index contributed by atoms with van der Waals surface area (Å²) in [5.41, 5.74) is 0. The summed E-state index contributed by atoms with van der Waals surface area (Å²) in [5, 5.41) is 0. The SMILES string of the molecule is CC12OOC(C)(Oc3ccccc3O1)O2. The molecule has 1 fully saturated rings. The van der Waals surface area contributed by atoms with Crippen LogP contribution in [0, 0.1) is 0 Å². The van der Waals surface area contributed by atoms with E-state index in [0.717, 1.165) is 0 Å². The third-order valence-electron chi connectivity index (χ3n) is 2.16. The van der Waals surface area contributed by atoms with Gasteiger partial charge < -0.3 is 9.47 Å². The van der Waals surface area contributed by atoms with Crippen LogP contribution in [-0.2, 0) is 14.5 Å². The van der Waals surface area contributed by atoms with Crippen molar-refractivity contribution >= 4 is 0 Å². The molecule has 2 bridgehead atoms. The summed E-state index contributed by atoms with van der Waals surface area (Å²) in [6.45, 7) is 3.23. The van der Waals surface area contributed by atoms with Gasteiger partial charge >= 0.3 is 11.9 Å². The molecule has 2 aliphatic rings.